The minimum atomic E-state index is -1.37. The second-order valence-electron chi connectivity index (χ2n) is 6.10. The van der Waals surface area contributed by atoms with Crippen LogP contribution in [0.1, 0.15) is 25.1 Å². The Morgan fingerprint density at radius 1 is 1.35 bits per heavy atom. The van der Waals surface area contributed by atoms with Crippen LogP contribution in [0.3, 0.4) is 0 Å². The largest absolute Gasteiger partial charge is 0.384 e. The van der Waals surface area contributed by atoms with Gasteiger partial charge in [0.1, 0.15) is 11.3 Å². The number of aliphatic hydroxyl groups is 1. The molecule has 120 valence electrons. The number of nitrogens with zero attached hydrogens (tertiary/aromatic N) is 3. The lowest BCUT2D eigenvalue weighted by atomic mass is 10.1. The molecule has 0 atom stereocenters. The van der Waals surface area contributed by atoms with Crippen molar-refractivity contribution in [3.05, 3.63) is 35.7 Å². The van der Waals surface area contributed by atoms with Gasteiger partial charge in [-0.3, -0.25) is 4.79 Å². The van der Waals surface area contributed by atoms with Crippen molar-refractivity contribution in [3.8, 4) is 5.69 Å². The Bertz CT molecular complexity index is 787. The van der Waals surface area contributed by atoms with Crippen LogP contribution >= 0.6 is 0 Å². The van der Waals surface area contributed by atoms with Crippen molar-refractivity contribution in [1.29, 1.82) is 0 Å². The highest BCUT2D eigenvalue weighted by Crippen LogP contribution is 2.43. The van der Waals surface area contributed by atoms with E-state index in [4.69, 9.17) is 9.47 Å². The van der Waals surface area contributed by atoms with E-state index in [0.29, 0.717) is 35.8 Å². The molecule has 1 fully saturated rings. The summed E-state index contributed by atoms with van der Waals surface area (Å²) in [5.41, 5.74) is 1.35. The monoisotopic (exact) mass is 316 g/mol. The summed E-state index contributed by atoms with van der Waals surface area (Å²) in [5, 5.41) is 20.8. The van der Waals surface area contributed by atoms with Crippen molar-refractivity contribution in [2.75, 3.05) is 18.5 Å². The predicted octanol–water partition coefficient (Wildman–Crippen LogP) is 0.646. The van der Waals surface area contributed by atoms with Gasteiger partial charge in [0.2, 0.25) is 0 Å². The number of amides is 1. The van der Waals surface area contributed by atoms with Crippen LogP contribution in [0, 0.1) is 0 Å². The highest BCUT2D eigenvalue weighted by atomic mass is 16.7. The summed E-state index contributed by atoms with van der Waals surface area (Å²) >= 11 is 0. The van der Waals surface area contributed by atoms with Crippen molar-refractivity contribution in [2.24, 2.45) is 0 Å². The van der Waals surface area contributed by atoms with Crippen molar-refractivity contribution < 1.29 is 19.4 Å². The summed E-state index contributed by atoms with van der Waals surface area (Å²) < 4.78 is 12.7. The molecule has 0 aliphatic carbocycles. The first-order valence-electron chi connectivity index (χ1n) is 7.30. The van der Waals surface area contributed by atoms with Crippen LogP contribution in [-0.4, -0.2) is 39.2 Å². The van der Waals surface area contributed by atoms with E-state index >= 15 is 0 Å². The quantitative estimate of drug-likeness (QED) is 0.844. The van der Waals surface area contributed by atoms with Crippen LogP contribution in [0.25, 0.3) is 5.69 Å². The van der Waals surface area contributed by atoms with Gasteiger partial charge in [-0.1, -0.05) is 5.21 Å². The molecule has 8 nitrogen and oxygen atoms in total. The number of fused-ring (bicyclic) bond motifs is 2. The van der Waals surface area contributed by atoms with E-state index in [1.165, 1.54) is 0 Å². The SMILES string of the molecule is CC(C)(O)c1cn(-c2ccc3c(c2)C2(OCCO2)C(=O)N3)nn1. The van der Waals surface area contributed by atoms with Crippen molar-refractivity contribution in [3.63, 3.8) is 0 Å². The summed E-state index contributed by atoms with van der Waals surface area (Å²) in [6, 6.07) is 5.35. The van der Waals surface area contributed by atoms with Gasteiger partial charge in [-0.05, 0) is 32.0 Å². The molecular weight excluding hydrogens is 300 g/mol. The average molecular weight is 316 g/mol. The zero-order valence-electron chi connectivity index (χ0n) is 12.7. The van der Waals surface area contributed by atoms with E-state index in [1.54, 1.807) is 42.9 Å². The maximum atomic E-state index is 12.2. The third kappa shape index (κ3) is 2.07. The van der Waals surface area contributed by atoms with Gasteiger partial charge >= 0.3 is 0 Å². The van der Waals surface area contributed by atoms with Gasteiger partial charge in [0.25, 0.3) is 11.7 Å². The molecule has 2 N–H and O–H groups in total. The fourth-order valence-electron chi connectivity index (χ4n) is 2.75. The number of nitrogens with one attached hydrogen (secondary N) is 1. The molecule has 1 aromatic heterocycles. The van der Waals surface area contributed by atoms with E-state index in [2.05, 4.69) is 15.6 Å². The molecule has 1 amide bonds. The van der Waals surface area contributed by atoms with E-state index in [1.807, 2.05) is 0 Å². The fraction of sp³-hybridized carbons (Fsp3) is 0.400. The topological polar surface area (TPSA) is 98.5 Å². The zero-order chi connectivity index (χ0) is 16.2. The van der Waals surface area contributed by atoms with Crippen molar-refractivity contribution in [1.82, 2.24) is 15.0 Å². The summed E-state index contributed by atoms with van der Waals surface area (Å²) in [5.74, 6) is -1.69. The highest BCUT2D eigenvalue weighted by Gasteiger charge is 2.52. The normalized spacial score (nSPS) is 19.2. The molecule has 2 aliphatic heterocycles. The molecule has 23 heavy (non-hydrogen) atoms. The molecule has 0 saturated carbocycles. The molecule has 1 aromatic carbocycles. The molecule has 0 unspecified atom stereocenters. The molecule has 2 aliphatic rings. The fourth-order valence-corrected chi connectivity index (χ4v) is 2.75. The van der Waals surface area contributed by atoms with Gasteiger partial charge in [0, 0.05) is 5.56 Å². The third-order valence-electron chi connectivity index (χ3n) is 3.98. The molecule has 3 heterocycles. The van der Waals surface area contributed by atoms with Gasteiger partial charge < -0.3 is 19.9 Å². The van der Waals surface area contributed by atoms with Crippen LogP contribution in [-0.2, 0) is 25.7 Å². The second kappa shape index (κ2) is 4.60. The summed E-state index contributed by atoms with van der Waals surface area (Å²) in [7, 11) is 0. The number of anilines is 1. The van der Waals surface area contributed by atoms with Gasteiger partial charge in [-0.25, -0.2) is 4.68 Å². The first-order valence-corrected chi connectivity index (χ1v) is 7.30. The summed E-state index contributed by atoms with van der Waals surface area (Å²) in [6.07, 6.45) is 1.65. The maximum Gasteiger partial charge on any atom is 0.289 e. The lowest BCUT2D eigenvalue weighted by Crippen LogP contribution is -2.35. The number of rotatable bonds is 2. The van der Waals surface area contributed by atoms with Gasteiger partial charge in [0.15, 0.2) is 0 Å². The number of aromatic nitrogens is 3. The molecule has 0 radical (unpaired) electrons. The number of hydrogen-bond donors (Lipinski definition) is 2. The molecule has 1 spiro atoms. The van der Waals surface area contributed by atoms with Gasteiger partial charge in [0.05, 0.1) is 30.8 Å². The minimum Gasteiger partial charge on any atom is -0.384 e. The van der Waals surface area contributed by atoms with Crippen LogP contribution in [0.15, 0.2) is 24.4 Å². The Hall–Kier alpha value is -2.29. The van der Waals surface area contributed by atoms with E-state index in [9.17, 15) is 9.90 Å². The standard InChI is InChI=1S/C15H16N4O4/c1-14(2,21)12-8-19(18-17-12)9-3-4-11-10(7-9)15(13(20)16-11)22-5-6-23-15/h3-4,7-8,21H,5-6H2,1-2H3,(H,16,20). The number of benzene rings is 1. The molecule has 2 aromatic rings. The first kappa shape index (κ1) is 14.3. The van der Waals surface area contributed by atoms with Crippen molar-refractivity contribution >= 4 is 11.6 Å². The summed E-state index contributed by atoms with van der Waals surface area (Å²) in [4.78, 5) is 12.2. The highest BCUT2D eigenvalue weighted by molar-refractivity contribution is 6.04. The Morgan fingerprint density at radius 3 is 2.74 bits per heavy atom. The van der Waals surface area contributed by atoms with E-state index in [-0.39, 0.29) is 5.91 Å². The lowest BCUT2D eigenvalue weighted by Gasteiger charge is -2.19. The van der Waals surface area contributed by atoms with Crippen LogP contribution in [0.5, 0.6) is 0 Å². The Morgan fingerprint density at radius 2 is 2.09 bits per heavy atom. The van der Waals surface area contributed by atoms with Crippen LogP contribution in [0.2, 0.25) is 0 Å². The second-order valence-corrected chi connectivity index (χ2v) is 6.10. The Labute approximate surface area is 132 Å². The summed E-state index contributed by atoms with van der Waals surface area (Å²) in [6.45, 7) is 4.01. The zero-order valence-corrected chi connectivity index (χ0v) is 12.7. The van der Waals surface area contributed by atoms with Crippen molar-refractivity contribution in [2.45, 2.75) is 25.2 Å². The Kier molecular flexibility index (Phi) is 2.87. The Balaban J connectivity index is 1.77. The minimum absolute atomic E-state index is 0.321. The number of carbonyl (C=O) groups is 1. The van der Waals surface area contributed by atoms with Gasteiger partial charge in [-0.15, -0.1) is 5.10 Å². The lowest BCUT2D eigenvalue weighted by molar-refractivity contribution is -0.178. The van der Waals surface area contributed by atoms with Crippen LogP contribution in [0.4, 0.5) is 5.69 Å². The molecule has 4 rings (SSSR count). The first-order chi connectivity index (χ1) is 10.9. The smallest absolute Gasteiger partial charge is 0.289 e. The molecule has 0 bridgehead atoms. The average Bonchev–Trinajstić information content (AvgIpc) is 3.21. The number of ether oxygens (including phenoxy) is 2. The number of hydrogen-bond acceptors (Lipinski definition) is 6. The van der Waals surface area contributed by atoms with Gasteiger partial charge in [-0.2, -0.15) is 0 Å². The maximum absolute atomic E-state index is 12.2. The molecule has 1 saturated heterocycles. The third-order valence-corrected chi connectivity index (χ3v) is 3.98. The van der Waals surface area contributed by atoms with E-state index < -0.39 is 11.4 Å². The molecular formula is C15H16N4O4. The number of carbonyl (C=O) groups excluding carboxylic acids is 1. The molecule has 8 heteroatoms. The van der Waals surface area contributed by atoms with Crippen LogP contribution < -0.4 is 5.32 Å². The van der Waals surface area contributed by atoms with E-state index in [0.717, 1.165) is 0 Å². The predicted molar refractivity (Wildman–Crippen MR) is 78.8 cm³/mol.